The standard InChI is InChI=1S/C27H33N3O4/c1-3-34-27(33)29-16-14-22(15-17-29)30-18-21-10-7-11-23(24(21)26(30)32)25(31)28-19(2)12-13-20-8-5-4-6-9-20/h4-11,19,22H,3,12-18H2,1-2H3,(H,28,31)/t19-/m0/s1. The van der Waals surface area contributed by atoms with E-state index in [1.807, 2.05) is 42.2 Å². The van der Waals surface area contributed by atoms with E-state index in [9.17, 15) is 14.4 Å². The number of fused-ring (bicyclic) bond motifs is 1. The number of benzene rings is 2. The average molecular weight is 464 g/mol. The number of amides is 3. The summed E-state index contributed by atoms with van der Waals surface area (Å²) in [5.41, 5.74) is 3.09. The molecule has 2 aromatic carbocycles. The van der Waals surface area contributed by atoms with Crippen molar-refractivity contribution in [2.24, 2.45) is 0 Å². The highest BCUT2D eigenvalue weighted by Crippen LogP contribution is 2.31. The Morgan fingerprint density at radius 2 is 1.82 bits per heavy atom. The van der Waals surface area contributed by atoms with Crippen LogP contribution < -0.4 is 5.32 Å². The van der Waals surface area contributed by atoms with Gasteiger partial charge in [0.1, 0.15) is 0 Å². The van der Waals surface area contributed by atoms with Gasteiger partial charge in [-0.25, -0.2) is 4.79 Å². The molecule has 2 aliphatic rings. The van der Waals surface area contributed by atoms with Crippen LogP contribution in [0, 0.1) is 0 Å². The van der Waals surface area contributed by atoms with Gasteiger partial charge in [0, 0.05) is 31.7 Å². The van der Waals surface area contributed by atoms with Crippen molar-refractivity contribution < 1.29 is 19.1 Å². The summed E-state index contributed by atoms with van der Waals surface area (Å²) in [5.74, 6) is -0.294. The van der Waals surface area contributed by atoms with E-state index in [0.29, 0.717) is 50.2 Å². The minimum atomic E-state index is -0.294. The van der Waals surface area contributed by atoms with Gasteiger partial charge in [-0.2, -0.15) is 0 Å². The highest BCUT2D eigenvalue weighted by Gasteiger charge is 2.37. The molecule has 7 heteroatoms. The number of nitrogens with one attached hydrogen (secondary N) is 1. The van der Waals surface area contributed by atoms with Gasteiger partial charge in [0.15, 0.2) is 0 Å². The van der Waals surface area contributed by atoms with Crippen molar-refractivity contribution in [1.29, 1.82) is 0 Å². The number of piperidine rings is 1. The predicted molar refractivity (Wildman–Crippen MR) is 130 cm³/mol. The van der Waals surface area contributed by atoms with Crippen LogP contribution in [0.1, 0.15) is 65.0 Å². The number of likely N-dealkylation sites (tertiary alicyclic amines) is 1. The number of rotatable bonds is 7. The van der Waals surface area contributed by atoms with E-state index in [2.05, 4.69) is 17.4 Å². The van der Waals surface area contributed by atoms with Crippen molar-refractivity contribution in [1.82, 2.24) is 15.1 Å². The highest BCUT2D eigenvalue weighted by atomic mass is 16.6. The van der Waals surface area contributed by atoms with E-state index in [4.69, 9.17) is 4.74 Å². The molecule has 0 unspecified atom stereocenters. The number of hydrogen-bond donors (Lipinski definition) is 1. The van der Waals surface area contributed by atoms with Gasteiger partial charge in [0.05, 0.1) is 17.7 Å². The molecule has 0 radical (unpaired) electrons. The summed E-state index contributed by atoms with van der Waals surface area (Å²) in [5, 5.41) is 3.07. The normalized spacial score (nSPS) is 16.8. The number of hydrogen-bond acceptors (Lipinski definition) is 4. The molecule has 0 aromatic heterocycles. The first kappa shape index (κ1) is 23.8. The first-order valence-corrected chi connectivity index (χ1v) is 12.2. The van der Waals surface area contributed by atoms with Gasteiger partial charge in [-0.1, -0.05) is 42.5 Å². The molecular formula is C27H33N3O4. The van der Waals surface area contributed by atoms with Crippen molar-refractivity contribution in [2.75, 3.05) is 19.7 Å². The quantitative estimate of drug-likeness (QED) is 0.673. The number of carbonyl (C=O) groups is 3. The summed E-state index contributed by atoms with van der Waals surface area (Å²) in [4.78, 5) is 42.0. The Hall–Kier alpha value is -3.35. The van der Waals surface area contributed by atoms with Crippen molar-refractivity contribution in [3.63, 3.8) is 0 Å². The van der Waals surface area contributed by atoms with Gasteiger partial charge in [-0.15, -0.1) is 0 Å². The molecule has 2 aromatic rings. The van der Waals surface area contributed by atoms with E-state index in [0.717, 1.165) is 18.4 Å². The maximum absolute atomic E-state index is 13.4. The Kier molecular flexibility index (Phi) is 7.50. The summed E-state index contributed by atoms with van der Waals surface area (Å²) in [7, 11) is 0. The number of ether oxygens (including phenoxy) is 1. The van der Waals surface area contributed by atoms with Crippen molar-refractivity contribution in [2.45, 2.75) is 58.2 Å². The van der Waals surface area contributed by atoms with Crippen LogP contribution in [-0.2, 0) is 17.7 Å². The number of nitrogens with zero attached hydrogens (tertiary/aromatic N) is 2. The Balaban J connectivity index is 1.37. The Morgan fingerprint density at radius 3 is 2.53 bits per heavy atom. The first-order chi connectivity index (χ1) is 16.5. The molecule has 0 saturated carbocycles. The second-order valence-corrected chi connectivity index (χ2v) is 9.09. The minimum Gasteiger partial charge on any atom is -0.450 e. The van der Waals surface area contributed by atoms with E-state index >= 15 is 0 Å². The zero-order valence-electron chi connectivity index (χ0n) is 20.0. The zero-order valence-corrected chi connectivity index (χ0v) is 20.0. The molecule has 180 valence electrons. The molecule has 1 fully saturated rings. The molecule has 0 aliphatic carbocycles. The van der Waals surface area contributed by atoms with Crippen molar-refractivity contribution in [3.8, 4) is 0 Å². The lowest BCUT2D eigenvalue weighted by atomic mass is 10.0. The van der Waals surface area contributed by atoms with E-state index < -0.39 is 0 Å². The second kappa shape index (κ2) is 10.7. The Labute approximate surface area is 201 Å². The summed E-state index contributed by atoms with van der Waals surface area (Å²) in [6, 6.07) is 15.8. The molecule has 34 heavy (non-hydrogen) atoms. The smallest absolute Gasteiger partial charge is 0.409 e. The summed E-state index contributed by atoms with van der Waals surface area (Å²) < 4.78 is 5.09. The maximum Gasteiger partial charge on any atom is 0.409 e. The minimum absolute atomic E-state index is 0.0108. The molecule has 0 bridgehead atoms. The van der Waals surface area contributed by atoms with Crippen LogP contribution in [0.15, 0.2) is 48.5 Å². The highest BCUT2D eigenvalue weighted by molar-refractivity contribution is 6.09. The summed E-state index contributed by atoms with van der Waals surface area (Å²) in [6.45, 7) is 5.78. The topological polar surface area (TPSA) is 79.0 Å². The molecule has 0 spiro atoms. The summed E-state index contributed by atoms with van der Waals surface area (Å²) >= 11 is 0. The van der Waals surface area contributed by atoms with E-state index in [-0.39, 0.29) is 30.0 Å². The largest absolute Gasteiger partial charge is 0.450 e. The third-order valence-corrected chi connectivity index (χ3v) is 6.73. The van der Waals surface area contributed by atoms with E-state index in [1.54, 1.807) is 17.9 Å². The molecule has 3 amide bonds. The van der Waals surface area contributed by atoms with E-state index in [1.165, 1.54) is 5.56 Å². The molecule has 7 nitrogen and oxygen atoms in total. The van der Waals surface area contributed by atoms with Crippen molar-refractivity contribution in [3.05, 3.63) is 70.8 Å². The monoisotopic (exact) mass is 463 g/mol. The number of aryl methyl sites for hydroxylation is 1. The molecule has 2 heterocycles. The fraction of sp³-hybridized carbons (Fsp3) is 0.444. The van der Waals surface area contributed by atoms with Gasteiger partial charge in [-0.3, -0.25) is 9.59 Å². The SMILES string of the molecule is CCOC(=O)N1CCC(N2Cc3cccc(C(=O)N[C@@H](C)CCc4ccccc4)c3C2=O)CC1. The maximum atomic E-state index is 13.4. The van der Waals surface area contributed by atoms with Gasteiger partial charge in [-0.05, 0) is 56.7 Å². The molecule has 1 atom stereocenters. The Bertz CT molecular complexity index is 1030. The third-order valence-electron chi connectivity index (χ3n) is 6.73. The predicted octanol–water partition coefficient (Wildman–Crippen LogP) is 4.01. The molecule has 2 aliphatic heterocycles. The zero-order chi connectivity index (χ0) is 24.1. The lowest BCUT2D eigenvalue weighted by Gasteiger charge is -2.36. The van der Waals surface area contributed by atoms with Crippen LogP contribution in [0.2, 0.25) is 0 Å². The molecule has 1 N–H and O–H groups in total. The van der Waals surface area contributed by atoms with Crippen LogP contribution in [0.25, 0.3) is 0 Å². The average Bonchev–Trinajstić information content (AvgIpc) is 3.20. The van der Waals surface area contributed by atoms with Gasteiger partial charge in [0.25, 0.3) is 11.8 Å². The fourth-order valence-electron chi connectivity index (χ4n) is 4.84. The van der Waals surface area contributed by atoms with Gasteiger partial charge in [0.2, 0.25) is 0 Å². The lowest BCUT2D eigenvalue weighted by molar-refractivity contribution is 0.0556. The Morgan fingerprint density at radius 1 is 1.09 bits per heavy atom. The van der Waals surface area contributed by atoms with Gasteiger partial charge >= 0.3 is 6.09 Å². The van der Waals surface area contributed by atoms with Crippen LogP contribution in [0.3, 0.4) is 0 Å². The third kappa shape index (κ3) is 5.24. The fourth-order valence-corrected chi connectivity index (χ4v) is 4.84. The van der Waals surface area contributed by atoms with Crippen LogP contribution in [-0.4, -0.2) is 59.5 Å². The van der Waals surface area contributed by atoms with Crippen LogP contribution in [0.5, 0.6) is 0 Å². The molecule has 4 rings (SSSR count). The molecular weight excluding hydrogens is 430 g/mol. The first-order valence-electron chi connectivity index (χ1n) is 12.2. The second-order valence-electron chi connectivity index (χ2n) is 9.09. The summed E-state index contributed by atoms with van der Waals surface area (Å²) in [6.07, 6.45) is 2.82. The van der Waals surface area contributed by atoms with Crippen molar-refractivity contribution >= 4 is 17.9 Å². The number of carbonyl (C=O) groups excluding carboxylic acids is 3. The lowest BCUT2D eigenvalue weighted by Crippen LogP contribution is -2.47. The molecule has 1 saturated heterocycles. The van der Waals surface area contributed by atoms with Crippen LogP contribution in [0.4, 0.5) is 4.79 Å². The van der Waals surface area contributed by atoms with Crippen LogP contribution >= 0.6 is 0 Å². The van der Waals surface area contributed by atoms with Gasteiger partial charge < -0.3 is 19.9 Å².